The number of carbonyl (C=O) groups excluding carboxylic acids is 1. The standard InChI is InChI=1S/C26H34ClNO2/c1-2-30-26(29)21-23-14-18-25(19-15-23)28-20-10-8-6-4-3-5-7-9-11-22-12-16-24(27)17-13-22/h9,11-19,28H,2-8,10,20-21H2,1H3. The van der Waals surface area contributed by atoms with Gasteiger partial charge in [0.05, 0.1) is 13.0 Å². The predicted octanol–water partition coefficient (Wildman–Crippen LogP) is 7.30. The van der Waals surface area contributed by atoms with Crippen molar-refractivity contribution in [3.63, 3.8) is 0 Å². The Morgan fingerprint density at radius 2 is 1.60 bits per heavy atom. The van der Waals surface area contributed by atoms with Crippen molar-refractivity contribution >= 4 is 29.3 Å². The SMILES string of the molecule is CCOC(=O)Cc1ccc(NCCCCCCCCC=Cc2ccc(Cl)cc2)cc1. The van der Waals surface area contributed by atoms with Crippen LogP contribution in [0.15, 0.2) is 54.6 Å². The number of anilines is 1. The number of benzene rings is 2. The van der Waals surface area contributed by atoms with E-state index in [1.165, 1.54) is 44.1 Å². The highest BCUT2D eigenvalue weighted by molar-refractivity contribution is 6.30. The maximum Gasteiger partial charge on any atom is 0.310 e. The lowest BCUT2D eigenvalue weighted by Crippen LogP contribution is -2.07. The summed E-state index contributed by atoms with van der Waals surface area (Å²) in [6.07, 6.45) is 13.5. The second-order valence-corrected chi connectivity index (χ2v) is 7.91. The van der Waals surface area contributed by atoms with Gasteiger partial charge in [-0.1, -0.05) is 73.7 Å². The molecule has 0 saturated heterocycles. The first-order valence-corrected chi connectivity index (χ1v) is 11.5. The third kappa shape index (κ3) is 10.5. The Kier molecular flexibility index (Phi) is 11.8. The van der Waals surface area contributed by atoms with Crippen LogP contribution >= 0.6 is 11.6 Å². The van der Waals surface area contributed by atoms with Crippen LogP contribution in [0.25, 0.3) is 6.08 Å². The van der Waals surface area contributed by atoms with Gasteiger partial charge in [0, 0.05) is 17.3 Å². The van der Waals surface area contributed by atoms with Crippen molar-refractivity contribution in [2.45, 2.75) is 58.3 Å². The molecule has 2 aromatic carbocycles. The minimum Gasteiger partial charge on any atom is -0.466 e. The number of allylic oxidation sites excluding steroid dienone is 1. The van der Waals surface area contributed by atoms with E-state index in [9.17, 15) is 4.79 Å². The fraction of sp³-hybridized carbons (Fsp3) is 0.423. The minimum absolute atomic E-state index is 0.171. The second-order valence-electron chi connectivity index (χ2n) is 7.47. The summed E-state index contributed by atoms with van der Waals surface area (Å²) in [4.78, 5) is 11.5. The van der Waals surface area contributed by atoms with Crippen molar-refractivity contribution in [2.75, 3.05) is 18.5 Å². The first-order valence-electron chi connectivity index (χ1n) is 11.1. The molecular formula is C26H34ClNO2. The molecule has 0 aliphatic rings. The van der Waals surface area contributed by atoms with E-state index in [1.807, 2.05) is 55.5 Å². The first-order chi connectivity index (χ1) is 14.7. The number of unbranched alkanes of at least 4 members (excludes halogenated alkanes) is 6. The first kappa shape index (κ1) is 24.0. The summed E-state index contributed by atoms with van der Waals surface area (Å²) < 4.78 is 4.97. The Bertz CT molecular complexity index is 754. The number of nitrogens with one attached hydrogen (secondary N) is 1. The Hall–Kier alpha value is -2.26. The van der Waals surface area contributed by atoms with Crippen molar-refractivity contribution in [1.82, 2.24) is 0 Å². The van der Waals surface area contributed by atoms with Gasteiger partial charge in [-0.05, 0) is 61.6 Å². The zero-order valence-corrected chi connectivity index (χ0v) is 18.8. The van der Waals surface area contributed by atoms with Crippen molar-refractivity contribution in [3.8, 4) is 0 Å². The molecule has 0 fully saturated rings. The van der Waals surface area contributed by atoms with Gasteiger partial charge < -0.3 is 10.1 Å². The zero-order chi connectivity index (χ0) is 21.4. The molecule has 1 N–H and O–H groups in total. The molecule has 0 heterocycles. The second kappa shape index (κ2) is 14.7. The maximum atomic E-state index is 11.5. The summed E-state index contributed by atoms with van der Waals surface area (Å²) >= 11 is 5.89. The summed E-state index contributed by atoms with van der Waals surface area (Å²) in [5.74, 6) is -0.171. The number of hydrogen-bond acceptors (Lipinski definition) is 3. The Labute approximate surface area is 186 Å². The van der Waals surface area contributed by atoms with Gasteiger partial charge >= 0.3 is 5.97 Å². The average Bonchev–Trinajstić information content (AvgIpc) is 2.74. The third-order valence-corrected chi connectivity index (χ3v) is 5.17. The highest BCUT2D eigenvalue weighted by Crippen LogP contribution is 2.13. The molecule has 0 aromatic heterocycles. The molecule has 0 aliphatic carbocycles. The largest absolute Gasteiger partial charge is 0.466 e. The summed E-state index contributed by atoms with van der Waals surface area (Å²) in [6.45, 7) is 3.24. The summed E-state index contributed by atoms with van der Waals surface area (Å²) in [5, 5.41) is 4.24. The highest BCUT2D eigenvalue weighted by atomic mass is 35.5. The molecule has 0 bridgehead atoms. The number of carbonyl (C=O) groups is 1. The molecule has 0 atom stereocenters. The molecule has 0 aliphatic heterocycles. The highest BCUT2D eigenvalue weighted by Gasteiger charge is 2.03. The van der Waals surface area contributed by atoms with Crippen LogP contribution in [-0.2, 0) is 16.0 Å². The van der Waals surface area contributed by atoms with Crippen LogP contribution in [0.2, 0.25) is 5.02 Å². The smallest absolute Gasteiger partial charge is 0.310 e. The zero-order valence-electron chi connectivity index (χ0n) is 18.0. The van der Waals surface area contributed by atoms with E-state index in [0.717, 1.165) is 29.2 Å². The van der Waals surface area contributed by atoms with Gasteiger partial charge in [0.2, 0.25) is 0 Å². The van der Waals surface area contributed by atoms with Crippen LogP contribution in [0.4, 0.5) is 5.69 Å². The number of ether oxygens (including phenoxy) is 1. The van der Waals surface area contributed by atoms with E-state index in [0.29, 0.717) is 13.0 Å². The van der Waals surface area contributed by atoms with E-state index >= 15 is 0 Å². The third-order valence-electron chi connectivity index (χ3n) is 4.91. The normalized spacial score (nSPS) is 11.0. The van der Waals surface area contributed by atoms with E-state index in [-0.39, 0.29) is 5.97 Å². The fourth-order valence-corrected chi connectivity index (χ4v) is 3.37. The van der Waals surface area contributed by atoms with E-state index < -0.39 is 0 Å². The van der Waals surface area contributed by atoms with Gasteiger partial charge in [0.25, 0.3) is 0 Å². The number of halogens is 1. The Morgan fingerprint density at radius 1 is 0.933 bits per heavy atom. The van der Waals surface area contributed by atoms with Crippen molar-refractivity contribution in [1.29, 1.82) is 0 Å². The van der Waals surface area contributed by atoms with Crippen LogP contribution < -0.4 is 5.32 Å². The van der Waals surface area contributed by atoms with Crippen LogP contribution in [0.1, 0.15) is 63.0 Å². The topological polar surface area (TPSA) is 38.3 Å². The Balaban J connectivity index is 1.45. The Morgan fingerprint density at radius 3 is 2.30 bits per heavy atom. The molecule has 0 unspecified atom stereocenters. The summed E-state index contributed by atoms with van der Waals surface area (Å²) in [7, 11) is 0. The lowest BCUT2D eigenvalue weighted by molar-refractivity contribution is -0.142. The summed E-state index contributed by atoms with van der Waals surface area (Å²) in [5.41, 5.74) is 3.30. The lowest BCUT2D eigenvalue weighted by atomic mass is 10.1. The molecule has 0 amide bonds. The van der Waals surface area contributed by atoms with Gasteiger partial charge in [-0.25, -0.2) is 0 Å². The molecule has 0 radical (unpaired) electrons. The van der Waals surface area contributed by atoms with E-state index in [2.05, 4.69) is 17.5 Å². The van der Waals surface area contributed by atoms with Gasteiger partial charge in [-0.15, -0.1) is 0 Å². The molecule has 0 saturated carbocycles. The molecule has 0 spiro atoms. The molecule has 30 heavy (non-hydrogen) atoms. The van der Waals surface area contributed by atoms with Crippen LogP contribution in [0.3, 0.4) is 0 Å². The van der Waals surface area contributed by atoms with E-state index in [1.54, 1.807) is 0 Å². The molecule has 4 heteroatoms. The number of hydrogen-bond donors (Lipinski definition) is 1. The number of rotatable bonds is 14. The summed E-state index contributed by atoms with van der Waals surface area (Å²) in [6, 6.07) is 16.0. The molecule has 162 valence electrons. The van der Waals surface area contributed by atoms with Crippen molar-refractivity contribution in [2.24, 2.45) is 0 Å². The molecule has 3 nitrogen and oxygen atoms in total. The van der Waals surface area contributed by atoms with Crippen LogP contribution in [-0.4, -0.2) is 19.1 Å². The predicted molar refractivity (Wildman–Crippen MR) is 128 cm³/mol. The quantitative estimate of drug-likeness (QED) is 0.254. The van der Waals surface area contributed by atoms with Gasteiger partial charge in [-0.3, -0.25) is 4.79 Å². The molecular weight excluding hydrogens is 394 g/mol. The van der Waals surface area contributed by atoms with Gasteiger partial charge in [0.1, 0.15) is 0 Å². The monoisotopic (exact) mass is 427 g/mol. The molecule has 2 rings (SSSR count). The van der Waals surface area contributed by atoms with Crippen LogP contribution in [0.5, 0.6) is 0 Å². The maximum absolute atomic E-state index is 11.5. The van der Waals surface area contributed by atoms with Crippen LogP contribution in [0, 0.1) is 0 Å². The fourth-order valence-electron chi connectivity index (χ4n) is 3.24. The van der Waals surface area contributed by atoms with E-state index in [4.69, 9.17) is 16.3 Å². The van der Waals surface area contributed by atoms with Gasteiger partial charge in [-0.2, -0.15) is 0 Å². The van der Waals surface area contributed by atoms with Gasteiger partial charge in [0.15, 0.2) is 0 Å². The van der Waals surface area contributed by atoms with Crippen molar-refractivity contribution in [3.05, 3.63) is 70.8 Å². The van der Waals surface area contributed by atoms with Crippen molar-refractivity contribution < 1.29 is 9.53 Å². The minimum atomic E-state index is -0.171. The lowest BCUT2D eigenvalue weighted by Gasteiger charge is -2.08. The number of esters is 1. The molecule has 2 aromatic rings. The average molecular weight is 428 g/mol.